The number of carboxylic acids is 1. The van der Waals surface area contributed by atoms with Crippen LogP contribution in [-0.2, 0) is 0 Å². The number of aromatic nitrogens is 1. The van der Waals surface area contributed by atoms with Crippen molar-refractivity contribution in [2.24, 2.45) is 0 Å². The Morgan fingerprint density at radius 3 is 2.67 bits per heavy atom. The fourth-order valence-electron chi connectivity index (χ4n) is 1.47. The smallest absolute Gasteiger partial charge is 0.337 e. The van der Waals surface area contributed by atoms with Crippen molar-refractivity contribution in [3.05, 3.63) is 52.0 Å². The number of nitrogens with zero attached hydrogens (tertiary/aromatic N) is 1. The molecule has 6 heteroatoms. The summed E-state index contributed by atoms with van der Waals surface area (Å²) < 4.78 is 13.6. The topological polar surface area (TPSA) is 50.2 Å². The van der Waals surface area contributed by atoms with Crippen LogP contribution in [0.4, 0.5) is 4.39 Å². The molecule has 0 radical (unpaired) electrons. The first-order valence-corrected chi connectivity index (χ1v) is 5.59. The summed E-state index contributed by atoms with van der Waals surface area (Å²) in [6, 6.07) is 5.86. The quantitative estimate of drug-likeness (QED) is 0.852. The molecule has 0 spiro atoms. The maximum absolute atomic E-state index is 13.6. The number of benzene rings is 1. The molecule has 0 aliphatic heterocycles. The minimum atomic E-state index is -1.19. The Morgan fingerprint density at radius 1 is 1.28 bits per heavy atom. The zero-order valence-corrected chi connectivity index (χ0v) is 10.3. The van der Waals surface area contributed by atoms with E-state index < -0.39 is 11.9 Å². The minimum Gasteiger partial charge on any atom is -0.478 e. The van der Waals surface area contributed by atoms with Gasteiger partial charge >= 0.3 is 5.97 Å². The Balaban J connectivity index is 2.66. The molecule has 2 rings (SSSR count). The van der Waals surface area contributed by atoms with Crippen molar-refractivity contribution in [1.82, 2.24) is 4.98 Å². The molecule has 3 nitrogen and oxygen atoms in total. The number of rotatable bonds is 2. The molecule has 0 aliphatic carbocycles. The van der Waals surface area contributed by atoms with Crippen molar-refractivity contribution in [2.45, 2.75) is 0 Å². The third kappa shape index (κ3) is 2.30. The highest BCUT2D eigenvalue weighted by atomic mass is 35.5. The fourth-order valence-corrected chi connectivity index (χ4v) is 1.87. The second kappa shape index (κ2) is 4.92. The van der Waals surface area contributed by atoms with Crippen LogP contribution in [0.1, 0.15) is 10.4 Å². The predicted octanol–water partition coefficient (Wildman–Crippen LogP) is 3.89. The number of hydrogen-bond donors (Lipinski definition) is 1. The SMILES string of the molecule is O=C(O)c1cnc(F)c(-c2cccc(Cl)c2Cl)c1. The van der Waals surface area contributed by atoms with Gasteiger partial charge in [0.25, 0.3) is 0 Å². The summed E-state index contributed by atoms with van der Waals surface area (Å²) in [5.41, 5.74) is 0.183. The van der Waals surface area contributed by atoms with Gasteiger partial charge in [0.1, 0.15) is 0 Å². The van der Waals surface area contributed by atoms with Crippen LogP contribution in [-0.4, -0.2) is 16.1 Å². The van der Waals surface area contributed by atoms with Crippen molar-refractivity contribution < 1.29 is 14.3 Å². The number of pyridine rings is 1. The largest absolute Gasteiger partial charge is 0.478 e. The normalized spacial score (nSPS) is 10.4. The van der Waals surface area contributed by atoms with Crippen LogP contribution in [0.25, 0.3) is 11.1 Å². The third-order valence-corrected chi connectivity index (χ3v) is 3.15. The molecule has 2 aromatic rings. The lowest BCUT2D eigenvalue weighted by Gasteiger charge is -2.07. The van der Waals surface area contributed by atoms with Crippen LogP contribution in [0, 0.1) is 5.95 Å². The Hall–Kier alpha value is -1.65. The molecule has 0 saturated heterocycles. The average molecular weight is 286 g/mol. The second-order valence-electron chi connectivity index (χ2n) is 3.47. The highest BCUT2D eigenvalue weighted by molar-refractivity contribution is 6.43. The summed E-state index contributed by atoms with van der Waals surface area (Å²) in [7, 11) is 0. The number of hydrogen-bond acceptors (Lipinski definition) is 2. The molecule has 1 aromatic carbocycles. The molecule has 0 saturated carbocycles. The Kier molecular flexibility index (Phi) is 3.50. The van der Waals surface area contributed by atoms with E-state index in [2.05, 4.69) is 4.98 Å². The van der Waals surface area contributed by atoms with Crippen LogP contribution in [0.3, 0.4) is 0 Å². The molecule has 0 bridgehead atoms. The zero-order valence-electron chi connectivity index (χ0n) is 8.82. The van der Waals surface area contributed by atoms with Crippen LogP contribution in [0.15, 0.2) is 30.5 Å². The van der Waals surface area contributed by atoms with Crippen molar-refractivity contribution in [1.29, 1.82) is 0 Å². The van der Waals surface area contributed by atoms with Gasteiger partial charge in [0.2, 0.25) is 5.95 Å². The maximum atomic E-state index is 13.6. The zero-order chi connectivity index (χ0) is 13.3. The van der Waals surface area contributed by atoms with E-state index in [4.69, 9.17) is 28.3 Å². The van der Waals surface area contributed by atoms with Crippen LogP contribution in [0.5, 0.6) is 0 Å². The Labute approximate surface area is 112 Å². The van der Waals surface area contributed by atoms with Gasteiger partial charge in [0.05, 0.1) is 15.6 Å². The van der Waals surface area contributed by atoms with E-state index in [0.717, 1.165) is 6.20 Å². The highest BCUT2D eigenvalue weighted by Crippen LogP contribution is 2.34. The molecule has 92 valence electrons. The molecule has 0 fully saturated rings. The van der Waals surface area contributed by atoms with Crippen LogP contribution < -0.4 is 0 Å². The van der Waals surface area contributed by atoms with Crippen molar-refractivity contribution in [3.8, 4) is 11.1 Å². The molecule has 0 amide bonds. The fraction of sp³-hybridized carbons (Fsp3) is 0. The molecule has 0 unspecified atom stereocenters. The standard InChI is InChI=1S/C12H6Cl2FNO2/c13-9-3-1-2-7(10(9)14)8-4-6(12(17)18)5-16-11(8)15/h1-5H,(H,17,18). The van der Waals surface area contributed by atoms with E-state index in [-0.39, 0.29) is 21.2 Å². The van der Waals surface area contributed by atoms with Crippen LogP contribution >= 0.6 is 23.2 Å². The summed E-state index contributed by atoms with van der Waals surface area (Å²) in [4.78, 5) is 14.2. The van der Waals surface area contributed by atoms with Crippen molar-refractivity contribution in [2.75, 3.05) is 0 Å². The number of carbonyl (C=O) groups is 1. The van der Waals surface area contributed by atoms with Gasteiger partial charge < -0.3 is 5.11 Å². The lowest BCUT2D eigenvalue weighted by molar-refractivity contribution is 0.0696. The van der Waals surface area contributed by atoms with Gasteiger partial charge in [-0.3, -0.25) is 0 Å². The molecule has 1 N–H and O–H groups in total. The molecule has 1 heterocycles. The molecular weight excluding hydrogens is 280 g/mol. The molecule has 0 atom stereocenters. The van der Waals surface area contributed by atoms with Gasteiger partial charge in [-0.25, -0.2) is 9.78 Å². The van der Waals surface area contributed by atoms with Gasteiger partial charge in [-0.15, -0.1) is 0 Å². The Morgan fingerprint density at radius 2 is 2.00 bits per heavy atom. The molecule has 18 heavy (non-hydrogen) atoms. The summed E-state index contributed by atoms with van der Waals surface area (Å²) in [5.74, 6) is -1.99. The first-order valence-electron chi connectivity index (χ1n) is 4.84. The third-order valence-electron chi connectivity index (χ3n) is 2.33. The van der Waals surface area contributed by atoms with Gasteiger partial charge in [0.15, 0.2) is 0 Å². The monoisotopic (exact) mass is 285 g/mol. The number of carboxylic acid groups (broad SMARTS) is 1. The molecule has 1 aromatic heterocycles. The lowest BCUT2D eigenvalue weighted by Crippen LogP contribution is -2.00. The summed E-state index contributed by atoms with van der Waals surface area (Å²) in [5, 5.41) is 9.26. The van der Waals surface area contributed by atoms with Crippen molar-refractivity contribution in [3.63, 3.8) is 0 Å². The first-order chi connectivity index (χ1) is 8.50. The van der Waals surface area contributed by atoms with E-state index in [9.17, 15) is 9.18 Å². The predicted molar refractivity (Wildman–Crippen MR) is 66.6 cm³/mol. The van der Waals surface area contributed by atoms with Crippen molar-refractivity contribution >= 4 is 29.2 Å². The van der Waals surface area contributed by atoms with Gasteiger partial charge in [0, 0.05) is 17.3 Å². The summed E-state index contributed by atoms with van der Waals surface area (Å²) in [6.07, 6.45) is 0.944. The maximum Gasteiger partial charge on any atom is 0.337 e. The lowest BCUT2D eigenvalue weighted by atomic mass is 10.1. The van der Waals surface area contributed by atoms with E-state index in [1.807, 2.05) is 0 Å². The van der Waals surface area contributed by atoms with Crippen LogP contribution in [0.2, 0.25) is 10.0 Å². The number of aromatic carboxylic acids is 1. The summed E-state index contributed by atoms with van der Waals surface area (Å²) in [6.45, 7) is 0. The Bertz CT molecular complexity index is 631. The first kappa shape index (κ1) is 12.8. The van der Waals surface area contributed by atoms with Gasteiger partial charge in [-0.05, 0) is 12.1 Å². The van der Waals surface area contributed by atoms with Gasteiger partial charge in [-0.2, -0.15) is 4.39 Å². The van der Waals surface area contributed by atoms with Gasteiger partial charge in [-0.1, -0.05) is 35.3 Å². The second-order valence-corrected chi connectivity index (χ2v) is 4.25. The molecule has 0 aliphatic rings. The minimum absolute atomic E-state index is 0.00222. The van der Waals surface area contributed by atoms with E-state index in [0.29, 0.717) is 5.56 Å². The highest BCUT2D eigenvalue weighted by Gasteiger charge is 2.15. The average Bonchev–Trinajstić information content (AvgIpc) is 2.33. The van der Waals surface area contributed by atoms with E-state index in [1.54, 1.807) is 18.2 Å². The summed E-state index contributed by atoms with van der Waals surface area (Å²) >= 11 is 11.8. The molecular formula is C12H6Cl2FNO2. The van der Waals surface area contributed by atoms with E-state index in [1.165, 1.54) is 6.07 Å². The van der Waals surface area contributed by atoms with E-state index >= 15 is 0 Å². The number of halogens is 3.